The van der Waals surface area contributed by atoms with E-state index in [4.69, 9.17) is 9.47 Å². The van der Waals surface area contributed by atoms with E-state index < -0.39 is 0 Å². The summed E-state index contributed by atoms with van der Waals surface area (Å²) in [6.45, 7) is 1.93. The van der Waals surface area contributed by atoms with E-state index in [-0.39, 0.29) is 11.9 Å². The summed E-state index contributed by atoms with van der Waals surface area (Å²) < 4.78 is 12.9. The molecule has 1 amide bonds. The first-order chi connectivity index (χ1) is 13.0. The Hall–Kier alpha value is -2.87. The van der Waals surface area contributed by atoms with E-state index in [0.29, 0.717) is 21.5 Å². The van der Waals surface area contributed by atoms with Gasteiger partial charge in [0.15, 0.2) is 0 Å². The number of benzene rings is 2. The van der Waals surface area contributed by atoms with Gasteiger partial charge in [-0.1, -0.05) is 12.1 Å². The predicted molar refractivity (Wildman–Crippen MR) is 104 cm³/mol. The summed E-state index contributed by atoms with van der Waals surface area (Å²) in [6.07, 6.45) is 3.12. The minimum absolute atomic E-state index is 0.178. The molecule has 8 heteroatoms. The molecule has 0 fully saturated rings. The Balaban J connectivity index is 1.76. The third kappa shape index (κ3) is 4.11. The van der Waals surface area contributed by atoms with E-state index in [2.05, 4.69) is 31.3 Å². The van der Waals surface area contributed by atoms with Gasteiger partial charge in [-0.2, -0.15) is 5.10 Å². The highest BCUT2D eigenvalue weighted by molar-refractivity contribution is 9.10. The molecule has 1 atom stereocenters. The van der Waals surface area contributed by atoms with Crippen LogP contribution in [0.1, 0.15) is 28.9 Å². The zero-order valence-electron chi connectivity index (χ0n) is 15.1. The van der Waals surface area contributed by atoms with Crippen molar-refractivity contribution in [1.29, 1.82) is 0 Å². The number of methoxy groups -OCH3 is 2. The molecule has 0 aliphatic carbocycles. The second-order valence-corrected chi connectivity index (χ2v) is 6.61. The maximum Gasteiger partial charge on any atom is 0.252 e. The van der Waals surface area contributed by atoms with E-state index in [1.807, 2.05) is 31.2 Å². The molecule has 1 heterocycles. The molecule has 27 heavy (non-hydrogen) atoms. The molecule has 1 unspecified atom stereocenters. The highest BCUT2D eigenvalue weighted by atomic mass is 79.9. The molecular formula is C19H19BrN4O3. The van der Waals surface area contributed by atoms with Crippen molar-refractivity contribution in [3.63, 3.8) is 0 Å². The fourth-order valence-corrected chi connectivity index (χ4v) is 3.17. The van der Waals surface area contributed by atoms with Crippen molar-refractivity contribution < 1.29 is 14.3 Å². The second-order valence-electron chi connectivity index (χ2n) is 5.82. The predicted octanol–water partition coefficient (Wildman–Crippen LogP) is 3.54. The van der Waals surface area contributed by atoms with E-state index in [1.54, 1.807) is 37.4 Å². The van der Waals surface area contributed by atoms with Crippen LogP contribution in [0.25, 0.3) is 5.69 Å². The maximum absolute atomic E-state index is 12.7. The van der Waals surface area contributed by atoms with Crippen molar-refractivity contribution in [2.24, 2.45) is 0 Å². The number of amides is 1. The third-order valence-electron chi connectivity index (χ3n) is 4.13. The van der Waals surface area contributed by atoms with Crippen LogP contribution in [0.15, 0.2) is 53.5 Å². The van der Waals surface area contributed by atoms with Gasteiger partial charge >= 0.3 is 0 Å². The Kier molecular flexibility index (Phi) is 5.75. The lowest BCUT2D eigenvalue weighted by Gasteiger charge is -2.16. The van der Waals surface area contributed by atoms with Crippen LogP contribution < -0.4 is 14.8 Å². The number of ether oxygens (including phenoxy) is 2. The van der Waals surface area contributed by atoms with E-state index in [0.717, 1.165) is 11.3 Å². The number of nitrogens with zero attached hydrogens (tertiary/aromatic N) is 3. The number of carbonyl (C=O) groups is 1. The molecular weight excluding hydrogens is 412 g/mol. The minimum Gasteiger partial charge on any atom is -0.495 e. The molecule has 1 aromatic heterocycles. The summed E-state index contributed by atoms with van der Waals surface area (Å²) in [5.41, 5.74) is 2.33. The molecule has 7 nitrogen and oxygen atoms in total. The molecule has 0 radical (unpaired) electrons. The minimum atomic E-state index is -0.216. The molecule has 0 saturated carbocycles. The smallest absolute Gasteiger partial charge is 0.252 e. The molecule has 2 aromatic carbocycles. The summed E-state index contributed by atoms with van der Waals surface area (Å²) in [6, 6.07) is 10.9. The van der Waals surface area contributed by atoms with Gasteiger partial charge in [-0.15, -0.1) is 0 Å². The Bertz CT molecular complexity index is 902. The van der Waals surface area contributed by atoms with Crippen LogP contribution >= 0.6 is 15.9 Å². The third-order valence-corrected chi connectivity index (χ3v) is 4.91. The molecule has 0 aliphatic rings. The summed E-state index contributed by atoms with van der Waals surface area (Å²) in [7, 11) is 3.08. The molecule has 0 spiro atoms. The van der Waals surface area contributed by atoms with Crippen molar-refractivity contribution >= 4 is 21.8 Å². The van der Waals surface area contributed by atoms with Gasteiger partial charge < -0.3 is 14.8 Å². The van der Waals surface area contributed by atoms with E-state index >= 15 is 0 Å². The van der Waals surface area contributed by atoms with Gasteiger partial charge in [0.1, 0.15) is 28.6 Å². The molecule has 140 valence electrons. The molecule has 1 N–H and O–H groups in total. The first-order valence-electron chi connectivity index (χ1n) is 8.21. The Morgan fingerprint density at radius 1 is 1.15 bits per heavy atom. The zero-order valence-corrected chi connectivity index (χ0v) is 16.7. The van der Waals surface area contributed by atoms with E-state index in [9.17, 15) is 4.79 Å². The van der Waals surface area contributed by atoms with Crippen LogP contribution in [0.3, 0.4) is 0 Å². The second kappa shape index (κ2) is 8.22. The van der Waals surface area contributed by atoms with Gasteiger partial charge in [-0.05, 0) is 52.7 Å². The van der Waals surface area contributed by atoms with Crippen LogP contribution in [0, 0.1) is 0 Å². The number of hydrogen-bond acceptors (Lipinski definition) is 5. The largest absolute Gasteiger partial charge is 0.495 e. The van der Waals surface area contributed by atoms with Gasteiger partial charge in [0.2, 0.25) is 0 Å². The maximum atomic E-state index is 12.7. The monoisotopic (exact) mass is 430 g/mol. The first-order valence-corrected chi connectivity index (χ1v) is 9.00. The first kappa shape index (κ1) is 18.9. The van der Waals surface area contributed by atoms with Crippen molar-refractivity contribution in [1.82, 2.24) is 20.1 Å². The lowest BCUT2D eigenvalue weighted by atomic mass is 10.1. The van der Waals surface area contributed by atoms with Crippen LogP contribution in [0.2, 0.25) is 0 Å². The number of carbonyl (C=O) groups excluding carboxylic acids is 1. The Morgan fingerprint density at radius 2 is 1.78 bits per heavy atom. The summed E-state index contributed by atoms with van der Waals surface area (Å²) >= 11 is 3.40. The number of nitrogens with one attached hydrogen (secondary N) is 1. The number of hydrogen-bond donors (Lipinski definition) is 1. The highest BCUT2D eigenvalue weighted by Gasteiger charge is 2.17. The van der Waals surface area contributed by atoms with Crippen LogP contribution in [-0.2, 0) is 0 Å². The van der Waals surface area contributed by atoms with Gasteiger partial charge in [0, 0.05) is 5.56 Å². The topological polar surface area (TPSA) is 78.3 Å². The Morgan fingerprint density at radius 3 is 2.30 bits per heavy atom. The highest BCUT2D eigenvalue weighted by Crippen LogP contribution is 2.35. The molecule has 3 aromatic rings. The number of aromatic nitrogens is 3. The van der Waals surface area contributed by atoms with Gasteiger partial charge in [0.05, 0.1) is 25.9 Å². The summed E-state index contributed by atoms with van der Waals surface area (Å²) in [5.74, 6) is 0.848. The average molecular weight is 431 g/mol. The van der Waals surface area contributed by atoms with Crippen LogP contribution in [-0.4, -0.2) is 34.9 Å². The van der Waals surface area contributed by atoms with Gasteiger partial charge in [-0.3, -0.25) is 4.79 Å². The zero-order chi connectivity index (χ0) is 19.4. The van der Waals surface area contributed by atoms with Gasteiger partial charge in [0.25, 0.3) is 5.91 Å². The fourth-order valence-electron chi connectivity index (χ4n) is 2.62. The SMILES string of the molecule is COc1cc(C(=O)NC(C)c2ccc(-n3cncn3)cc2)cc(OC)c1Br. The van der Waals surface area contributed by atoms with Crippen molar-refractivity contribution in [3.8, 4) is 17.2 Å². The van der Waals surface area contributed by atoms with Crippen molar-refractivity contribution in [3.05, 3.63) is 64.7 Å². The van der Waals surface area contributed by atoms with Crippen molar-refractivity contribution in [2.45, 2.75) is 13.0 Å². The quantitative estimate of drug-likeness (QED) is 0.646. The number of rotatable bonds is 6. The lowest BCUT2D eigenvalue weighted by molar-refractivity contribution is 0.0939. The standard InChI is InChI=1S/C19H19BrN4O3/c1-12(13-4-6-15(7-5-13)24-11-21-10-22-24)23-19(25)14-8-16(26-2)18(20)17(9-14)27-3/h4-12H,1-3H3,(H,23,25). The van der Waals surface area contributed by atoms with Gasteiger partial charge in [-0.25, -0.2) is 9.67 Å². The summed E-state index contributed by atoms with van der Waals surface area (Å²) in [4.78, 5) is 16.6. The molecule has 0 saturated heterocycles. The van der Waals surface area contributed by atoms with E-state index in [1.165, 1.54) is 6.33 Å². The fraction of sp³-hybridized carbons (Fsp3) is 0.211. The van der Waals surface area contributed by atoms with Crippen LogP contribution in [0.5, 0.6) is 11.5 Å². The Labute approximate surface area is 165 Å². The lowest BCUT2D eigenvalue weighted by Crippen LogP contribution is -2.26. The average Bonchev–Trinajstić information content (AvgIpc) is 3.23. The number of halogens is 1. The van der Waals surface area contributed by atoms with Crippen molar-refractivity contribution in [2.75, 3.05) is 14.2 Å². The summed E-state index contributed by atoms with van der Waals surface area (Å²) in [5, 5.41) is 7.09. The molecule has 0 bridgehead atoms. The molecule has 3 rings (SSSR count). The normalized spacial score (nSPS) is 11.7. The van der Waals surface area contributed by atoms with Crippen LogP contribution in [0.4, 0.5) is 0 Å². The molecule has 0 aliphatic heterocycles.